The molecule has 0 N–H and O–H groups in total. The highest BCUT2D eigenvalue weighted by molar-refractivity contribution is 5.92. The number of rotatable bonds is 3. The Kier molecular flexibility index (Phi) is 4.62. The summed E-state index contributed by atoms with van der Waals surface area (Å²) < 4.78 is 5.71. The summed E-state index contributed by atoms with van der Waals surface area (Å²) in [6, 6.07) is 10.2. The second-order valence-electron chi connectivity index (χ2n) is 6.11. The Morgan fingerprint density at radius 2 is 1.91 bits per heavy atom. The van der Waals surface area contributed by atoms with Crippen LogP contribution in [0.2, 0.25) is 0 Å². The third kappa shape index (κ3) is 3.41. The number of hydrogen-bond donors (Lipinski definition) is 0. The van der Waals surface area contributed by atoms with Crippen LogP contribution in [0, 0.1) is 0 Å². The molecule has 22 heavy (non-hydrogen) atoms. The molecular weight excluding hydrogens is 274 g/mol. The first kappa shape index (κ1) is 14.9. The number of benzene rings is 1. The maximum Gasteiger partial charge on any atom is 0.246 e. The van der Waals surface area contributed by atoms with E-state index in [-0.39, 0.29) is 5.91 Å². The van der Waals surface area contributed by atoms with Crippen LogP contribution in [-0.4, -0.2) is 23.9 Å². The van der Waals surface area contributed by atoms with Gasteiger partial charge >= 0.3 is 0 Å². The van der Waals surface area contributed by atoms with Crippen LogP contribution in [-0.2, 0) is 4.79 Å². The summed E-state index contributed by atoms with van der Waals surface area (Å²) in [5.74, 6) is 0.788. The van der Waals surface area contributed by atoms with Gasteiger partial charge in [-0.05, 0) is 31.1 Å². The van der Waals surface area contributed by atoms with E-state index in [1.54, 1.807) is 12.2 Å². The van der Waals surface area contributed by atoms with E-state index in [1.807, 2.05) is 42.3 Å². The summed E-state index contributed by atoms with van der Waals surface area (Å²) in [4.78, 5) is 14.2. The molecule has 1 aliphatic rings. The van der Waals surface area contributed by atoms with Gasteiger partial charge in [0.15, 0.2) is 0 Å². The molecule has 0 bridgehead atoms. The van der Waals surface area contributed by atoms with Crippen molar-refractivity contribution in [1.82, 2.24) is 4.90 Å². The van der Waals surface area contributed by atoms with Crippen molar-refractivity contribution in [1.29, 1.82) is 0 Å². The third-order valence-corrected chi connectivity index (χ3v) is 4.55. The average Bonchev–Trinajstić information content (AvgIpc) is 2.76. The number of carbonyl (C=O) groups excluding carboxylic acids is 1. The van der Waals surface area contributed by atoms with Crippen LogP contribution < -0.4 is 0 Å². The minimum atomic E-state index is 0.0624. The van der Waals surface area contributed by atoms with Gasteiger partial charge in [-0.25, -0.2) is 0 Å². The molecule has 1 amide bonds. The molecule has 1 saturated carbocycles. The van der Waals surface area contributed by atoms with Crippen molar-refractivity contribution in [2.24, 2.45) is 0 Å². The minimum Gasteiger partial charge on any atom is -0.457 e. The lowest BCUT2D eigenvalue weighted by atomic mass is 10.1. The number of nitrogens with zero attached hydrogens (tertiary/aromatic N) is 1. The topological polar surface area (TPSA) is 33.5 Å². The Morgan fingerprint density at radius 3 is 2.64 bits per heavy atom. The molecule has 1 heterocycles. The maximum atomic E-state index is 12.3. The van der Waals surface area contributed by atoms with Gasteiger partial charge in [0.1, 0.15) is 11.3 Å². The molecule has 1 aromatic carbocycles. The van der Waals surface area contributed by atoms with Gasteiger partial charge in [-0.2, -0.15) is 0 Å². The Labute approximate surface area is 131 Å². The Bertz CT molecular complexity index is 630. The van der Waals surface area contributed by atoms with Gasteiger partial charge in [0.25, 0.3) is 0 Å². The Balaban J connectivity index is 1.66. The quantitative estimate of drug-likeness (QED) is 0.611. The molecule has 116 valence electrons. The van der Waals surface area contributed by atoms with Crippen molar-refractivity contribution in [3.05, 3.63) is 42.2 Å². The number of furan rings is 1. The number of hydrogen-bond acceptors (Lipinski definition) is 2. The standard InChI is InChI=1S/C19H23NO2/c1-20(16-9-4-2-3-5-10-16)19(21)13-12-17-14-15-8-6-7-11-18(15)22-17/h6-8,11-14,16H,2-5,9-10H2,1H3/b13-12+. The van der Waals surface area contributed by atoms with Crippen LogP contribution in [0.15, 0.2) is 40.8 Å². The molecule has 3 nitrogen and oxygen atoms in total. The molecule has 1 fully saturated rings. The number of para-hydroxylation sites is 1. The lowest BCUT2D eigenvalue weighted by Crippen LogP contribution is -2.35. The van der Waals surface area contributed by atoms with Gasteiger partial charge in [0, 0.05) is 24.6 Å². The molecular formula is C19H23NO2. The maximum absolute atomic E-state index is 12.3. The van der Waals surface area contributed by atoms with E-state index in [0.29, 0.717) is 6.04 Å². The molecule has 0 saturated heterocycles. The van der Waals surface area contributed by atoms with Crippen LogP contribution in [0.25, 0.3) is 17.0 Å². The summed E-state index contributed by atoms with van der Waals surface area (Å²) in [6.45, 7) is 0. The molecule has 1 aromatic heterocycles. The molecule has 1 aliphatic carbocycles. The summed E-state index contributed by atoms with van der Waals surface area (Å²) in [6.07, 6.45) is 10.7. The summed E-state index contributed by atoms with van der Waals surface area (Å²) in [7, 11) is 1.92. The second kappa shape index (κ2) is 6.82. The Morgan fingerprint density at radius 1 is 1.18 bits per heavy atom. The van der Waals surface area contributed by atoms with Crippen molar-refractivity contribution in [2.45, 2.75) is 44.6 Å². The fourth-order valence-electron chi connectivity index (χ4n) is 3.18. The van der Waals surface area contributed by atoms with Crippen LogP contribution in [0.3, 0.4) is 0 Å². The zero-order valence-electron chi connectivity index (χ0n) is 13.1. The summed E-state index contributed by atoms with van der Waals surface area (Å²) in [5.41, 5.74) is 0.853. The number of carbonyl (C=O) groups is 1. The monoisotopic (exact) mass is 297 g/mol. The van der Waals surface area contributed by atoms with E-state index in [4.69, 9.17) is 4.42 Å². The highest BCUT2D eigenvalue weighted by Crippen LogP contribution is 2.22. The second-order valence-corrected chi connectivity index (χ2v) is 6.11. The molecule has 0 radical (unpaired) electrons. The lowest BCUT2D eigenvalue weighted by molar-refractivity contribution is -0.126. The zero-order chi connectivity index (χ0) is 15.4. The van der Waals surface area contributed by atoms with E-state index >= 15 is 0 Å². The predicted octanol–water partition coefficient (Wildman–Crippen LogP) is 4.63. The van der Waals surface area contributed by atoms with Crippen molar-refractivity contribution in [3.63, 3.8) is 0 Å². The van der Waals surface area contributed by atoms with Crippen LogP contribution in [0.5, 0.6) is 0 Å². The van der Waals surface area contributed by atoms with E-state index in [1.165, 1.54) is 25.7 Å². The van der Waals surface area contributed by atoms with Gasteiger partial charge in [0.2, 0.25) is 5.91 Å². The van der Waals surface area contributed by atoms with Crippen LogP contribution in [0.4, 0.5) is 0 Å². The van der Waals surface area contributed by atoms with Gasteiger partial charge in [-0.15, -0.1) is 0 Å². The van der Waals surface area contributed by atoms with E-state index < -0.39 is 0 Å². The van der Waals surface area contributed by atoms with Crippen LogP contribution >= 0.6 is 0 Å². The number of amides is 1. The van der Waals surface area contributed by atoms with Crippen molar-refractivity contribution >= 4 is 23.0 Å². The van der Waals surface area contributed by atoms with Gasteiger partial charge in [-0.3, -0.25) is 4.79 Å². The van der Waals surface area contributed by atoms with Crippen molar-refractivity contribution in [2.75, 3.05) is 7.05 Å². The zero-order valence-corrected chi connectivity index (χ0v) is 13.1. The highest BCUT2D eigenvalue weighted by Gasteiger charge is 2.19. The van der Waals surface area contributed by atoms with E-state index in [9.17, 15) is 4.79 Å². The van der Waals surface area contributed by atoms with E-state index in [0.717, 1.165) is 29.6 Å². The molecule has 0 spiro atoms. The van der Waals surface area contributed by atoms with E-state index in [2.05, 4.69) is 0 Å². The fraction of sp³-hybridized carbons (Fsp3) is 0.421. The summed E-state index contributed by atoms with van der Waals surface area (Å²) in [5, 5.41) is 1.06. The summed E-state index contributed by atoms with van der Waals surface area (Å²) >= 11 is 0. The predicted molar refractivity (Wildman–Crippen MR) is 89.5 cm³/mol. The van der Waals surface area contributed by atoms with Gasteiger partial charge < -0.3 is 9.32 Å². The largest absolute Gasteiger partial charge is 0.457 e. The van der Waals surface area contributed by atoms with Crippen LogP contribution in [0.1, 0.15) is 44.3 Å². The normalized spacial score (nSPS) is 17.0. The molecule has 0 atom stereocenters. The Hall–Kier alpha value is -2.03. The molecule has 3 rings (SSSR count). The first-order valence-corrected chi connectivity index (χ1v) is 8.17. The molecule has 3 heteroatoms. The van der Waals surface area contributed by atoms with Gasteiger partial charge in [0.05, 0.1) is 0 Å². The van der Waals surface area contributed by atoms with Crippen molar-refractivity contribution in [3.8, 4) is 0 Å². The number of likely N-dealkylation sites (N-methyl/N-ethyl adjacent to an activating group) is 1. The number of fused-ring (bicyclic) bond motifs is 1. The third-order valence-electron chi connectivity index (χ3n) is 4.55. The van der Waals surface area contributed by atoms with Crippen molar-refractivity contribution < 1.29 is 9.21 Å². The first-order chi connectivity index (χ1) is 10.7. The van der Waals surface area contributed by atoms with Gasteiger partial charge in [-0.1, -0.05) is 43.9 Å². The molecule has 0 unspecified atom stereocenters. The molecule has 0 aliphatic heterocycles. The smallest absolute Gasteiger partial charge is 0.246 e. The fourth-order valence-corrected chi connectivity index (χ4v) is 3.18. The minimum absolute atomic E-state index is 0.0624. The molecule has 2 aromatic rings. The average molecular weight is 297 g/mol. The lowest BCUT2D eigenvalue weighted by Gasteiger charge is -2.26. The highest BCUT2D eigenvalue weighted by atomic mass is 16.3. The first-order valence-electron chi connectivity index (χ1n) is 8.17. The SMILES string of the molecule is CN(C(=O)/C=C/c1cc2ccccc2o1)C1CCCCCC1.